The lowest BCUT2D eigenvalue weighted by atomic mass is 10.2. The Morgan fingerprint density at radius 3 is 3.00 bits per heavy atom. The summed E-state index contributed by atoms with van der Waals surface area (Å²) in [6.45, 7) is 0. The molecule has 0 aliphatic rings. The van der Waals surface area contributed by atoms with Crippen LogP contribution in [0.3, 0.4) is 0 Å². The molecule has 3 nitrogen and oxygen atoms in total. The Labute approximate surface area is 88.5 Å². The smallest absolute Gasteiger partial charge is 0.233 e. The number of nitrogens with one attached hydrogen (secondary N) is 1. The number of anilines is 1. The van der Waals surface area contributed by atoms with Crippen molar-refractivity contribution < 1.29 is 0 Å². The first-order chi connectivity index (χ1) is 6.29. The summed E-state index contributed by atoms with van der Waals surface area (Å²) in [7, 11) is 0. The maximum atomic E-state index is 5.81. The summed E-state index contributed by atoms with van der Waals surface area (Å²) in [6, 6.07) is 5.48. The van der Waals surface area contributed by atoms with Crippen molar-refractivity contribution in [2.45, 2.75) is 0 Å². The summed E-state index contributed by atoms with van der Waals surface area (Å²) in [6.07, 6.45) is 1.72. The molecule has 0 saturated heterocycles. The molecular formula is C8H5BrClN3. The number of fused-ring (bicyclic) bond motifs is 1. The van der Waals surface area contributed by atoms with Gasteiger partial charge in [0.2, 0.25) is 5.95 Å². The normalized spacial score (nSPS) is 10.3. The van der Waals surface area contributed by atoms with Crippen LogP contribution in [0.25, 0.3) is 10.9 Å². The molecule has 0 fully saturated rings. The molecule has 1 aromatic heterocycles. The van der Waals surface area contributed by atoms with Gasteiger partial charge in [0.05, 0.1) is 5.52 Å². The second-order valence-electron chi connectivity index (χ2n) is 2.49. The number of aromatic nitrogens is 2. The van der Waals surface area contributed by atoms with E-state index in [1.807, 2.05) is 12.1 Å². The summed E-state index contributed by atoms with van der Waals surface area (Å²) in [5, 5.41) is 1.62. The number of nitrogens with zero attached hydrogens (tertiary/aromatic N) is 2. The zero-order chi connectivity index (χ0) is 9.26. The van der Waals surface area contributed by atoms with E-state index in [1.165, 1.54) is 0 Å². The standard InChI is InChI=1S/C8H5BrClN3/c9-13-8-11-4-5-3-6(10)1-2-7(5)12-8/h1-4H,(H,11,12,13). The fourth-order valence-electron chi connectivity index (χ4n) is 1.05. The van der Waals surface area contributed by atoms with E-state index in [2.05, 4.69) is 30.5 Å². The molecule has 1 heterocycles. The van der Waals surface area contributed by atoms with Crippen LogP contribution in [-0.4, -0.2) is 9.97 Å². The van der Waals surface area contributed by atoms with E-state index in [-0.39, 0.29) is 0 Å². The molecule has 13 heavy (non-hydrogen) atoms. The first kappa shape index (κ1) is 8.72. The highest BCUT2D eigenvalue weighted by Crippen LogP contribution is 2.18. The SMILES string of the molecule is Clc1ccc2nc(NBr)ncc2c1. The first-order valence-electron chi connectivity index (χ1n) is 3.58. The molecule has 0 atom stereocenters. The molecule has 2 rings (SSSR count). The van der Waals surface area contributed by atoms with Crippen LogP contribution in [0, 0.1) is 0 Å². The van der Waals surface area contributed by atoms with Crippen LogP contribution in [0.1, 0.15) is 0 Å². The molecule has 0 amide bonds. The van der Waals surface area contributed by atoms with Crippen molar-refractivity contribution in [2.24, 2.45) is 0 Å². The quantitative estimate of drug-likeness (QED) is 0.799. The maximum Gasteiger partial charge on any atom is 0.233 e. The van der Waals surface area contributed by atoms with Crippen LogP contribution in [0.4, 0.5) is 5.95 Å². The van der Waals surface area contributed by atoms with Gasteiger partial charge in [-0.15, -0.1) is 0 Å². The molecule has 0 aliphatic carbocycles. The summed E-state index contributed by atoms with van der Waals surface area (Å²) >= 11 is 8.87. The molecule has 66 valence electrons. The number of hydrogen-bond acceptors (Lipinski definition) is 3. The van der Waals surface area contributed by atoms with Gasteiger partial charge < -0.3 is 0 Å². The highest BCUT2D eigenvalue weighted by Gasteiger charge is 1.98. The van der Waals surface area contributed by atoms with Crippen molar-refractivity contribution in [3.05, 3.63) is 29.4 Å². The lowest BCUT2D eigenvalue weighted by Gasteiger charge is -1.99. The van der Waals surface area contributed by atoms with E-state index in [0.717, 1.165) is 10.9 Å². The van der Waals surface area contributed by atoms with Crippen LogP contribution < -0.4 is 4.34 Å². The zero-order valence-electron chi connectivity index (χ0n) is 6.46. The lowest BCUT2D eigenvalue weighted by Crippen LogP contribution is -1.90. The van der Waals surface area contributed by atoms with Crippen LogP contribution in [0.15, 0.2) is 24.4 Å². The Morgan fingerprint density at radius 2 is 2.23 bits per heavy atom. The molecule has 0 aliphatic heterocycles. The molecule has 2 aromatic rings. The van der Waals surface area contributed by atoms with E-state index in [9.17, 15) is 0 Å². The molecule has 0 saturated carbocycles. The molecule has 0 spiro atoms. The molecule has 0 unspecified atom stereocenters. The van der Waals surface area contributed by atoms with Gasteiger partial charge in [0.15, 0.2) is 0 Å². The molecule has 0 bridgehead atoms. The van der Waals surface area contributed by atoms with Gasteiger partial charge in [-0.1, -0.05) is 11.6 Å². The van der Waals surface area contributed by atoms with Crippen molar-refractivity contribution in [2.75, 3.05) is 4.34 Å². The molecule has 1 aromatic carbocycles. The average Bonchev–Trinajstić information content (AvgIpc) is 2.17. The van der Waals surface area contributed by atoms with Crippen LogP contribution in [0.2, 0.25) is 5.02 Å². The van der Waals surface area contributed by atoms with Crippen molar-refractivity contribution in [1.82, 2.24) is 9.97 Å². The van der Waals surface area contributed by atoms with E-state index < -0.39 is 0 Å². The van der Waals surface area contributed by atoms with Crippen molar-refractivity contribution in [1.29, 1.82) is 0 Å². The Morgan fingerprint density at radius 1 is 1.38 bits per heavy atom. The Bertz CT molecular complexity index is 446. The van der Waals surface area contributed by atoms with Crippen LogP contribution in [-0.2, 0) is 0 Å². The topological polar surface area (TPSA) is 37.8 Å². The highest BCUT2D eigenvalue weighted by molar-refractivity contribution is 9.10. The third-order valence-electron chi connectivity index (χ3n) is 1.63. The van der Waals surface area contributed by atoms with Gasteiger partial charge in [-0.25, -0.2) is 9.97 Å². The Balaban J connectivity index is 2.66. The molecule has 0 radical (unpaired) electrons. The van der Waals surface area contributed by atoms with Crippen molar-refractivity contribution >= 4 is 44.6 Å². The first-order valence-corrected chi connectivity index (χ1v) is 4.75. The average molecular weight is 259 g/mol. The predicted octanol–water partition coefficient (Wildman–Crippen LogP) is 3.00. The zero-order valence-corrected chi connectivity index (χ0v) is 8.80. The molecular weight excluding hydrogens is 253 g/mol. The number of rotatable bonds is 1. The van der Waals surface area contributed by atoms with Crippen LogP contribution in [0.5, 0.6) is 0 Å². The summed E-state index contributed by atoms with van der Waals surface area (Å²) < 4.78 is 2.69. The third kappa shape index (κ3) is 1.73. The minimum absolute atomic E-state index is 0.537. The summed E-state index contributed by atoms with van der Waals surface area (Å²) in [5.41, 5.74) is 0.862. The van der Waals surface area contributed by atoms with Gasteiger partial charge in [0.25, 0.3) is 0 Å². The van der Waals surface area contributed by atoms with Crippen molar-refractivity contribution in [3.8, 4) is 0 Å². The Kier molecular flexibility index (Phi) is 2.33. The number of halogens is 2. The number of benzene rings is 1. The molecule has 1 N–H and O–H groups in total. The highest BCUT2D eigenvalue weighted by atomic mass is 79.9. The van der Waals surface area contributed by atoms with E-state index >= 15 is 0 Å². The Hall–Kier alpha value is -0.870. The fraction of sp³-hybridized carbons (Fsp3) is 0. The van der Waals surface area contributed by atoms with E-state index in [1.54, 1.807) is 12.3 Å². The van der Waals surface area contributed by atoms with Gasteiger partial charge in [0, 0.05) is 32.8 Å². The monoisotopic (exact) mass is 257 g/mol. The summed E-state index contributed by atoms with van der Waals surface area (Å²) in [4.78, 5) is 8.25. The van der Waals surface area contributed by atoms with Gasteiger partial charge in [-0.3, -0.25) is 4.34 Å². The van der Waals surface area contributed by atoms with Gasteiger partial charge >= 0.3 is 0 Å². The lowest BCUT2D eigenvalue weighted by molar-refractivity contribution is 1.24. The fourth-order valence-corrected chi connectivity index (χ4v) is 1.42. The maximum absolute atomic E-state index is 5.81. The van der Waals surface area contributed by atoms with Gasteiger partial charge in [0.1, 0.15) is 0 Å². The van der Waals surface area contributed by atoms with Gasteiger partial charge in [-0.05, 0) is 18.2 Å². The minimum atomic E-state index is 0.537. The second kappa shape index (κ2) is 3.47. The predicted molar refractivity (Wildman–Crippen MR) is 57.1 cm³/mol. The second-order valence-corrected chi connectivity index (χ2v) is 3.32. The largest absolute Gasteiger partial charge is 0.291 e. The molecule has 5 heteroatoms. The third-order valence-corrected chi connectivity index (χ3v) is 2.22. The van der Waals surface area contributed by atoms with Crippen LogP contribution >= 0.6 is 27.7 Å². The number of hydrogen-bond donors (Lipinski definition) is 1. The van der Waals surface area contributed by atoms with E-state index in [4.69, 9.17) is 11.6 Å². The van der Waals surface area contributed by atoms with Crippen molar-refractivity contribution in [3.63, 3.8) is 0 Å². The minimum Gasteiger partial charge on any atom is -0.291 e. The summed E-state index contributed by atoms with van der Waals surface area (Å²) in [5.74, 6) is 0.537. The van der Waals surface area contributed by atoms with Gasteiger partial charge in [-0.2, -0.15) is 0 Å². The van der Waals surface area contributed by atoms with E-state index in [0.29, 0.717) is 11.0 Å².